The first-order valence-corrected chi connectivity index (χ1v) is 4.74. The number of phenols is 1. The monoisotopic (exact) mass is 216 g/mol. The first kappa shape index (κ1) is 10.4. The lowest BCUT2D eigenvalue weighted by molar-refractivity contribution is 0.112. The Morgan fingerprint density at radius 1 is 1.00 bits per heavy atom. The smallest absolute Gasteiger partial charge is 0.150 e. The Labute approximate surface area is 92.0 Å². The SMILES string of the molecule is O=Cc1ccc(-c2cc(O)cc(F)c2)cc1. The number of halogens is 1. The van der Waals surface area contributed by atoms with Gasteiger partial charge >= 0.3 is 0 Å². The maximum Gasteiger partial charge on any atom is 0.150 e. The molecule has 0 atom stereocenters. The summed E-state index contributed by atoms with van der Waals surface area (Å²) < 4.78 is 13.0. The minimum absolute atomic E-state index is 0.116. The fourth-order valence-electron chi connectivity index (χ4n) is 1.49. The summed E-state index contributed by atoms with van der Waals surface area (Å²) in [7, 11) is 0. The largest absolute Gasteiger partial charge is 0.508 e. The minimum Gasteiger partial charge on any atom is -0.508 e. The summed E-state index contributed by atoms with van der Waals surface area (Å²) in [5.74, 6) is -0.607. The van der Waals surface area contributed by atoms with Crippen LogP contribution in [0.1, 0.15) is 10.4 Å². The molecule has 0 aromatic heterocycles. The summed E-state index contributed by atoms with van der Waals surface area (Å²) >= 11 is 0. The molecule has 2 aromatic carbocycles. The fourth-order valence-corrected chi connectivity index (χ4v) is 1.49. The fraction of sp³-hybridized carbons (Fsp3) is 0. The molecule has 0 saturated carbocycles. The summed E-state index contributed by atoms with van der Waals surface area (Å²) in [4.78, 5) is 10.5. The first-order chi connectivity index (χ1) is 7.69. The Bertz CT molecular complexity index is 498. The standard InChI is InChI=1S/C13H9FO2/c14-12-5-11(6-13(16)7-12)10-3-1-9(8-15)2-4-10/h1-8,16H. The average molecular weight is 216 g/mol. The molecule has 0 radical (unpaired) electrons. The molecule has 16 heavy (non-hydrogen) atoms. The topological polar surface area (TPSA) is 37.3 Å². The van der Waals surface area contributed by atoms with Gasteiger partial charge in [-0.15, -0.1) is 0 Å². The van der Waals surface area contributed by atoms with E-state index in [1.165, 1.54) is 12.1 Å². The number of carbonyl (C=O) groups is 1. The molecule has 0 saturated heterocycles. The molecular formula is C13H9FO2. The number of carbonyl (C=O) groups excluding carboxylic acids is 1. The van der Waals surface area contributed by atoms with Crippen molar-refractivity contribution in [2.24, 2.45) is 0 Å². The third-order valence-corrected chi connectivity index (χ3v) is 2.26. The molecule has 2 aromatic rings. The van der Waals surface area contributed by atoms with Crippen LogP contribution in [0.5, 0.6) is 5.75 Å². The predicted octanol–water partition coefficient (Wildman–Crippen LogP) is 3.01. The molecule has 80 valence electrons. The highest BCUT2D eigenvalue weighted by atomic mass is 19.1. The van der Waals surface area contributed by atoms with E-state index in [1.807, 2.05) is 0 Å². The van der Waals surface area contributed by atoms with Crippen molar-refractivity contribution in [3.63, 3.8) is 0 Å². The van der Waals surface area contributed by atoms with E-state index in [0.717, 1.165) is 17.9 Å². The number of benzene rings is 2. The van der Waals surface area contributed by atoms with E-state index in [9.17, 15) is 14.3 Å². The second-order valence-electron chi connectivity index (χ2n) is 3.44. The molecule has 0 heterocycles. The van der Waals surface area contributed by atoms with Crippen LogP contribution in [0.25, 0.3) is 11.1 Å². The van der Waals surface area contributed by atoms with E-state index in [2.05, 4.69) is 0 Å². The van der Waals surface area contributed by atoms with Gasteiger partial charge in [0.2, 0.25) is 0 Å². The Hall–Kier alpha value is -2.16. The Balaban J connectivity index is 2.45. The van der Waals surface area contributed by atoms with Gasteiger partial charge in [0.1, 0.15) is 17.9 Å². The van der Waals surface area contributed by atoms with Gasteiger partial charge in [-0.1, -0.05) is 24.3 Å². The van der Waals surface area contributed by atoms with Gasteiger partial charge in [-0.25, -0.2) is 4.39 Å². The van der Waals surface area contributed by atoms with Crippen molar-refractivity contribution in [2.45, 2.75) is 0 Å². The lowest BCUT2D eigenvalue weighted by Crippen LogP contribution is -1.83. The molecule has 1 N–H and O–H groups in total. The van der Waals surface area contributed by atoms with Crippen LogP contribution in [0, 0.1) is 5.82 Å². The molecule has 0 aliphatic rings. The Kier molecular flexibility index (Phi) is 2.68. The van der Waals surface area contributed by atoms with E-state index in [0.29, 0.717) is 11.1 Å². The zero-order valence-corrected chi connectivity index (χ0v) is 8.35. The normalized spacial score (nSPS) is 10.1. The van der Waals surface area contributed by atoms with Gasteiger partial charge in [0.25, 0.3) is 0 Å². The number of aldehydes is 1. The van der Waals surface area contributed by atoms with Crippen LogP contribution in [0.15, 0.2) is 42.5 Å². The highest BCUT2D eigenvalue weighted by molar-refractivity contribution is 5.77. The van der Waals surface area contributed by atoms with Crippen LogP contribution < -0.4 is 0 Å². The second-order valence-corrected chi connectivity index (χ2v) is 3.44. The van der Waals surface area contributed by atoms with Crippen LogP contribution in [0.3, 0.4) is 0 Å². The van der Waals surface area contributed by atoms with Crippen LogP contribution in [-0.2, 0) is 0 Å². The summed E-state index contributed by atoms with van der Waals surface area (Å²) in [5.41, 5.74) is 1.89. The van der Waals surface area contributed by atoms with Crippen molar-refractivity contribution in [1.29, 1.82) is 0 Å². The van der Waals surface area contributed by atoms with Gasteiger partial charge in [-0.05, 0) is 23.3 Å². The van der Waals surface area contributed by atoms with E-state index < -0.39 is 5.82 Å². The average Bonchev–Trinajstić information content (AvgIpc) is 2.28. The lowest BCUT2D eigenvalue weighted by Gasteiger charge is -2.03. The van der Waals surface area contributed by atoms with Crippen LogP contribution in [0.4, 0.5) is 4.39 Å². The van der Waals surface area contributed by atoms with Gasteiger partial charge in [-0.2, -0.15) is 0 Å². The van der Waals surface area contributed by atoms with Crippen LogP contribution >= 0.6 is 0 Å². The quantitative estimate of drug-likeness (QED) is 0.783. The third-order valence-electron chi connectivity index (χ3n) is 2.26. The van der Waals surface area contributed by atoms with Gasteiger partial charge in [0, 0.05) is 11.6 Å². The van der Waals surface area contributed by atoms with Crippen molar-refractivity contribution >= 4 is 6.29 Å². The van der Waals surface area contributed by atoms with Crippen molar-refractivity contribution < 1.29 is 14.3 Å². The molecular weight excluding hydrogens is 207 g/mol. The molecule has 2 nitrogen and oxygen atoms in total. The molecule has 0 amide bonds. The Morgan fingerprint density at radius 2 is 1.69 bits per heavy atom. The molecule has 2 rings (SSSR count). The Morgan fingerprint density at radius 3 is 2.25 bits per heavy atom. The highest BCUT2D eigenvalue weighted by Gasteiger charge is 2.02. The zero-order chi connectivity index (χ0) is 11.5. The highest BCUT2D eigenvalue weighted by Crippen LogP contribution is 2.24. The summed E-state index contributed by atoms with van der Waals surface area (Å²) in [6.07, 6.45) is 0.743. The van der Waals surface area contributed by atoms with Crippen molar-refractivity contribution in [3.8, 4) is 16.9 Å². The third kappa shape index (κ3) is 2.08. The van der Waals surface area contributed by atoms with Gasteiger partial charge in [-0.3, -0.25) is 4.79 Å². The number of aromatic hydroxyl groups is 1. The molecule has 0 spiro atoms. The number of hydrogen-bond donors (Lipinski definition) is 1. The summed E-state index contributed by atoms with van der Waals surface area (Å²) in [6, 6.07) is 10.5. The maximum atomic E-state index is 13.0. The van der Waals surface area contributed by atoms with Gasteiger partial charge < -0.3 is 5.11 Å². The molecule has 0 aliphatic heterocycles. The molecule has 0 bridgehead atoms. The van der Waals surface area contributed by atoms with Crippen LogP contribution in [-0.4, -0.2) is 11.4 Å². The lowest BCUT2D eigenvalue weighted by atomic mass is 10.0. The summed E-state index contributed by atoms with van der Waals surface area (Å²) in [5, 5.41) is 9.26. The van der Waals surface area contributed by atoms with Crippen LogP contribution in [0.2, 0.25) is 0 Å². The van der Waals surface area contributed by atoms with Crippen molar-refractivity contribution in [2.75, 3.05) is 0 Å². The van der Waals surface area contributed by atoms with Gasteiger partial charge in [0.05, 0.1) is 0 Å². The molecule has 0 fully saturated rings. The number of hydrogen-bond acceptors (Lipinski definition) is 2. The van der Waals surface area contributed by atoms with Crippen molar-refractivity contribution in [1.82, 2.24) is 0 Å². The van der Waals surface area contributed by atoms with Crippen molar-refractivity contribution in [3.05, 3.63) is 53.8 Å². The molecule has 0 aliphatic carbocycles. The second kappa shape index (κ2) is 4.14. The van der Waals surface area contributed by atoms with E-state index >= 15 is 0 Å². The first-order valence-electron chi connectivity index (χ1n) is 4.74. The molecule has 0 unspecified atom stereocenters. The van der Waals surface area contributed by atoms with E-state index in [1.54, 1.807) is 24.3 Å². The van der Waals surface area contributed by atoms with Gasteiger partial charge in [0.15, 0.2) is 0 Å². The number of phenolic OH excluding ortho intramolecular Hbond substituents is 1. The maximum absolute atomic E-state index is 13.0. The molecule has 3 heteroatoms. The summed E-state index contributed by atoms with van der Waals surface area (Å²) in [6.45, 7) is 0. The zero-order valence-electron chi connectivity index (χ0n) is 8.35. The van der Waals surface area contributed by atoms with E-state index in [-0.39, 0.29) is 5.75 Å². The van der Waals surface area contributed by atoms with E-state index in [4.69, 9.17) is 0 Å². The number of rotatable bonds is 2. The predicted molar refractivity (Wildman–Crippen MR) is 58.9 cm³/mol. The minimum atomic E-state index is -0.491.